The second-order valence-electron chi connectivity index (χ2n) is 7.65. The fraction of sp³-hybridized carbons (Fsp3) is 0.450. The van der Waals surface area contributed by atoms with Crippen LogP contribution in [0.5, 0.6) is 0 Å². The summed E-state index contributed by atoms with van der Waals surface area (Å²) >= 11 is 0. The van der Waals surface area contributed by atoms with Crippen LogP contribution in [0.2, 0.25) is 0 Å². The zero-order chi connectivity index (χ0) is 18.1. The van der Waals surface area contributed by atoms with E-state index in [4.69, 9.17) is 14.4 Å². The molecule has 0 aliphatic carbocycles. The van der Waals surface area contributed by atoms with Gasteiger partial charge in [-0.25, -0.2) is 0 Å². The summed E-state index contributed by atoms with van der Waals surface area (Å²) in [7, 11) is -0.363. The monoisotopic (exact) mass is 339 g/mol. The van der Waals surface area contributed by atoms with Crippen LogP contribution in [0.25, 0.3) is 0 Å². The summed E-state index contributed by atoms with van der Waals surface area (Å²) < 4.78 is 12.1. The van der Waals surface area contributed by atoms with Gasteiger partial charge in [0.15, 0.2) is 0 Å². The first-order valence-corrected chi connectivity index (χ1v) is 8.80. The zero-order valence-corrected chi connectivity index (χ0v) is 15.5. The van der Waals surface area contributed by atoms with Gasteiger partial charge in [-0.05, 0) is 57.7 Å². The van der Waals surface area contributed by atoms with Crippen LogP contribution in [-0.4, -0.2) is 28.4 Å². The fourth-order valence-electron chi connectivity index (χ4n) is 2.79. The van der Waals surface area contributed by atoms with Gasteiger partial charge in [-0.3, -0.25) is 4.98 Å². The van der Waals surface area contributed by atoms with Crippen LogP contribution in [-0.2, 0) is 28.8 Å². The molecule has 1 aliphatic rings. The highest BCUT2D eigenvalue weighted by atomic mass is 16.7. The molecular formula is C20H26BNO3. The highest BCUT2D eigenvalue weighted by Crippen LogP contribution is 2.36. The van der Waals surface area contributed by atoms with E-state index in [1.54, 1.807) is 0 Å². The summed E-state index contributed by atoms with van der Waals surface area (Å²) in [6.07, 6.45) is 3.66. The minimum absolute atomic E-state index is 0.0855. The Morgan fingerprint density at radius 2 is 1.48 bits per heavy atom. The van der Waals surface area contributed by atoms with E-state index in [0.29, 0.717) is 0 Å². The van der Waals surface area contributed by atoms with E-state index in [1.165, 1.54) is 5.56 Å². The first-order chi connectivity index (χ1) is 11.8. The molecule has 4 nitrogen and oxygen atoms in total. The van der Waals surface area contributed by atoms with Gasteiger partial charge in [0.2, 0.25) is 0 Å². The highest BCUT2D eigenvalue weighted by molar-refractivity contribution is 6.62. The lowest BCUT2D eigenvalue weighted by molar-refractivity contribution is 0.00578. The molecule has 0 unspecified atom stereocenters. The Morgan fingerprint density at radius 1 is 0.880 bits per heavy atom. The largest absolute Gasteiger partial charge is 0.496 e. The average Bonchev–Trinajstić information content (AvgIpc) is 2.82. The Balaban J connectivity index is 1.61. The summed E-state index contributed by atoms with van der Waals surface area (Å²) in [5.74, 6) is 0. The topological polar surface area (TPSA) is 51.6 Å². The Labute approximate surface area is 150 Å². The normalized spacial score (nSPS) is 18.5. The number of aliphatic hydroxyl groups excluding tert-OH is 1. The molecule has 25 heavy (non-hydrogen) atoms. The van der Waals surface area contributed by atoms with Crippen molar-refractivity contribution < 1.29 is 14.4 Å². The first kappa shape index (κ1) is 18.1. The molecular weight excluding hydrogens is 313 g/mol. The lowest BCUT2D eigenvalue weighted by atomic mass is 9.80. The van der Waals surface area contributed by atoms with Gasteiger partial charge < -0.3 is 14.4 Å². The van der Waals surface area contributed by atoms with Crippen molar-refractivity contribution >= 4 is 12.6 Å². The molecule has 0 spiro atoms. The summed E-state index contributed by atoms with van der Waals surface area (Å²) in [5, 5.41) is 9.09. The molecule has 0 atom stereocenters. The third kappa shape index (κ3) is 3.95. The van der Waals surface area contributed by atoms with Gasteiger partial charge in [0.1, 0.15) is 0 Å². The predicted octanol–water partition coefficient (Wildman–Crippen LogP) is 2.66. The van der Waals surface area contributed by atoms with E-state index in [2.05, 4.69) is 44.8 Å². The number of nitrogens with zero attached hydrogens (tertiary/aromatic N) is 1. The molecule has 0 amide bonds. The number of benzene rings is 1. The number of rotatable bonds is 5. The van der Waals surface area contributed by atoms with Gasteiger partial charge in [0.05, 0.1) is 17.8 Å². The molecule has 1 aliphatic heterocycles. The molecule has 3 rings (SSSR count). The van der Waals surface area contributed by atoms with Crippen molar-refractivity contribution in [1.82, 2.24) is 4.98 Å². The molecule has 1 fully saturated rings. The van der Waals surface area contributed by atoms with E-state index in [9.17, 15) is 0 Å². The maximum atomic E-state index is 9.09. The van der Waals surface area contributed by atoms with Gasteiger partial charge in [-0.15, -0.1) is 0 Å². The SMILES string of the molecule is CC1(C)OB(c2ccc(CCc3ccc(CO)cc3)nc2)OC1(C)C. The van der Waals surface area contributed by atoms with Crippen molar-refractivity contribution in [3.05, 3.63) is 59.4 Å². The maximum absolute atomic E-state index is 9.09. The van der Waals surface area contributed by atoms with E-state index >= 15 is 0 Å². The highest BCUT2D eigenvalue weighted by Gasteiger charge is 2.51. The van der Waals surface area contributed by atoms with Gasteiger partial charge >= 0.3 is 7.12 Å². The minimum Gasteiger partial charge on any atom is -0.399 e. The summed E-state index contributed by atoms with van der Waals surface area (Å²) in [5.41, 5.74) is 3.51. The van der Waals surface area contributed by atoms with Crippen LogP contribution in [0, 0.1) is 0 Å². The van der Waals surface area contributed by atoms with Crippen LogP contribution in [0.1, 0.15) is 44.5 Å². The van der Waals surface area contributed by atoms with Crippen molar-refractivity contribution in [2.45, 2.75) is 58.3 Å². The fourth-order valence-corrected chi connectivity index (χ4v) is 2.79. The predicted molar refractivity (Wildman–Crippen MR) is 99.7 cm³/mol. The number of hydrogen-bond acceptors (Lipinski definition) is 4. The number of aliphatic hydroxyl groups is 1. The molecule has 1 aromatic heterocycles. The van der Waals surface area contributed by atoms with Crippen LogP contribution in [0.3, 0.4) is 0 Å². The molecule has 1 saturated heterocycles. The summed E-state index contributed by atoms with van der Waals surface area (Å²) in [4.78, 5) is 4.57. The van der Waals surface area contributed by atoms with Crippen molar-refractivity contribution in [3.8, 4) is 0 Å². The van der Waals surface area contributed by atoms with Gasteiger partial charge in [0.25, 0.3) is 0 Å². The van der Waals surface area contributed by atoms with Crippen LogP contribution in [0.15, 0.2) is 42.6 Å². The Bertz CT molecular complexity index is 695. The van der Waals surface area contributed by atoms with Crippen molar-refractivity contribution in [2.75, 3.05) is 0 Å². The quantitative estimate of drug-likeness (QED) is 0.851. The van der Waals surface area contributed by atoms with Crippen molar-refractivity contribution in [3.63, 3.8) is 0 Å². The molecule has 1 N–H and O–H groups in total. The number of aryl methyl sites for hydroxylation is 2. The Hall–Kier alpha value is -1.69. The van der Waals surface area contributed by atoms with E-state index in [1.807, 2.05) is 30.5 Å². The standard InChI is InChI=1S/C20H26BNO3/c1-19(2)20(3,4)25-21(24-19)17-10-12-18(22-13-17)11-9-15-5-7-16(14-23)8-6-15/h5-8,10,12-13,23H,9,11,14H2,1-4H3. The zero-order valence-electron chi connectivity index (χ0n) is 15.5. The molecule has 2 aromatic rings. The van der Waals surface area contributed by atoms with Gasteiger partial charge in [-0.1, -0.05) is 30.3 Å². The van der Waals surface area contributed by atoms with E-state index < -0.39 is 0 Å². The third-order valence-electron chi connectivity index (χ3n) is 5.25. The number of hydrogen-bond donors (Lipinski definition) is 1. The van der Waals surface area contributed by atoms with Crippen LogP contribution < -0.4 is 5.46 Å². The van der Waals surface area contributed by atoms with Crippen LogP contribution >= 0.6 is 0 Å². The lowest BCUT2D eigenvalue weighted by Gasteiger charge is -2.32. The molecule has 5 heteroatoms. The molecule has 0 saturated carbocycles. The average molecular weight is 339 g/mol. The molecule has 0 bridgehead atoms. The van der Waals surface area contributed by atoms with Crippen molar-refractivity contribution in [1.29, 1.82) is 0 Å². The second kappa shape index (κ2) is 6.91. The van der Waals surface area contributed by atoms with Crippen molar-refractivity contribution in [2.24, 2.45) is 0 Å². The third-order valence-corrected chi connectivity index (χ3v) is 5.25. The van der Waals surface area contributed by atoms with Crippen LogP contribution in [0.4, 0.5) is 0 Å². The lowest BCUT2D eigenvalue weighted by Crippen LogP contribution is -2.41. The molecule has 1 aromatic carbocycles. The number of pyridine rings is 1. The Kier molecular flexibility index (Phi) is 5.00. The Morgan fingerprint density at radius 3 is 2.00 bits per heavy atom. The minimum atomic E-state index is -0.363. The van der Waals surface area contributed by atoms with Gasteiger partial charge in [-0.2, -0.15) is 0 Å². The molecule has 2 heterocycles. The molecule has 132 valence electrons. The van der Waals surface area contributed by atoms with E-state index in [0.717, 1.165) is 29.6 Å². The smallest absolute Gasteiger partial charge is 0.399 e. The number of aromatic nitrogens is 1. The van der Waals surface area contributed by atoms with E-state index in [-0.39, 0.29) is 24.9 Å². The summed E-state index contributed by atoms with van der Waals surface area (Å²) in [6.45, 7) is 8.30. The molecule has 0 radical (unpaired) electrons. The maximum Gasteiger partial charge on any atom is 0.496 e. The summed E-state index contributed by atoms with van der Waals surface area (Å²) in [6, 6.07) is 12.1. The first-order valence-electron chi connectivity index (χ1n) is 8.80. The van der Waals surface area contributed by atoms with Gasteiger partial charge in [0, 0.05) is 17.4 Å². The second-order valence-corrected chi connectivity index (χ2v) is 7.65.